The van der Waals surface area contributed by atoms with Crippen LogP contribution in [0.1, 0.15) is 21.5 Å². The molecule has 0 radical (unpaired) electrons. The lowest BCUT2D eigenvalue weighted by Gasteiger charge is -2.13. The monoisotopic (exact) mass is 344 g/mol. The first kappa shape index (κ1) is 14.5. The van der Waals surface area contributed by atoms with Crippen molar-refractivity contribution in [2.45, 2.75) is 18.2 Å². The van der Waals surface area contributed by atoms with Crippen LogP contribution in [-0.4, -0.2) is 0 Å². The summed E-state index contributed by atoms with van der Waals surface area (Å²) < 4.78 is 27.0. The summed E-state index contributed by atoms with van der Waals surface area (Å²) >= 11 is 9.36. The number of hydrogen-bond donors (Lipinski definition) is 0. The van der Waals surface area contributed by atoms with Crippen molar-refractivity contribution < 1.29 is 8.78 Å². The van der Waals surface area contributed by atoms with Gasteiger partial charge in [0, 0.05) is 21.5 Å². The highest BCUT2D eigenvalue weighted by molar-refractivity contribution is 9.09. The fraction of sp³-hybridized carbons (Fsp3) is 0.200. The summed E-state index contributed by atoms with van der Waals surface area (Å²) in [6.45, 7) is 1.62. The minimum atomic E-state index is -0.535. The normalized spacial score (nSPS) is 12.5. The highest BCUT2D eigenvalue weighted by atomic mass is 79.9. The summed E-state index contributed by atoms with van der Waals surface area (Å²) in [7, 11) is 0. The lowest BCUT2D eigenvalue weighted by atomic mass is 10.0. The van der Waals surface area contributed by atoms with Gasteiger partial charge in [-0.05, 0) is 42.7 Å². The molecule has 1 atom stereocenters. The van der Waals surface area contributed by atoms with Gasteiger partial charge < -0.3 is 0 Å². The van der Waals surface area contributed by atoms with Crippen LogP contribution in [0.5, 0.6) is 0 Å². The van der Waals surface area contributed by atoms with Gasteiger partial charge in [0.25, 0.3) is 0 Å². The van der Waals surface area contributed by atoms with E-state index in [9.17, 15) is 8.78 Å². The second-order valence-corrected chi connectivity index (χ2v) is 5.97. The summed E-state index contributed by atoms with van der Waals surface area (Å²) in [5.41, 5.74) is 1.89. The lowest BCUT2D eigenvalue weighted by molar-refractivity contribution is 0.566. The molecule has 4 heteroatoms. The third-order valence-corrected chi connectivity index (χ3v) is 3.97. The molecule has 19 heavy (non-hydrogen) atoms. The fourth-order valence-corrected chi connectivity index (χ4v) is 2.84. The summed E-state index contributed by atoms with van der Waals surface area (Å²) in [5, 5.41) is 0.646. The Morgan fingerprint density at radius 2 is 1.89 bits per heavy atom. The predicted octanol–water partition coefficient (Wildman–Crippen LogP) is 5.61. The molecule has 0 aliphatic heterocycles. The summed E-state index contributed by atoms with van der Waals surface area (Å²) in [6, 6.07) is 9.87. The molecule has 0 saturated heterocycles. The van der Waals surface area contributed by atoms with Gasteiger partial charge in [-0.2, -0.15) is 0 Å². The summed E-state index contributed by atoms with van der Waals surface area (Å²) in [4.78, 5) is -0.217. The second-order valence-electron chi connectivity index (χ2n) is 4.42. The average Bonchev–Trinajstić information content (AvgIpc) is 2.33. The first-order valence-electron chi connectivity index (χ1n) is 5.81. The first-order chi connectivity index (χ1) is 8.97. The van der Waals surface area contributed by atoms with Crippen LogP contribution in [0.2, 0.25) is 5.02 Å². The van der Waals surface area contributed by atoms with E-state index in [1.54, 1.807) is 13.0 Å². The molecule has 2 aromatic carbocycles. The van der Waals surface area contributed by atoms with E-state index in [1.165, 1.54) is 6.07 Å². The Kier molecular flexibility index (Phi) is 4.58. The maximum atomic E-state index is 13.8. The summed E-state index contributed by atoms with van der Waals surface area (Å²) in [6.07, 6.45) is 0.586. The molecule has 0 amide bonds. The van der Waals surface area contributed by atoms with Gasteiger partial charge in [0.15, 0.2) is 0 Å². The number of halogens is 4. The summed E-state index contributed by atoms with van der Waals surface area (Å²) in [5.74, 6) is -1.06. The van der Waals surface area contributed by atoms with E-state index >= 15 is 0 Å². The van der Waals surface area contributed by atoms with Crippen molar-refractivity contribution >= 4 is 27.5 Å². The second kappa shape index (κ2) is 6.02. The molecule has 0 bridgehead atoms. The molecule has 0 aromatic heterocycles. The molecule has 1 unspecified atom stereocenters. The molecule has 100 valence electrons. The Morgan fingerprint density at radius 3 is 2.58 bits per heavy atom. The molecule has 2 rings (SSSR count). The fourth-order valence-electron chi connectivity index (χ4n) is 1.90. The number of alkyl halides is 1. The van der Waals surface area contributed by atoms with Gasteiger partial charge in [0.2, 0.25) is 0 Å². The topological polar surface area (TPSA) is 0 Å². The quantitative estimate of drug-likeness (QED) is 0.635. The van der Waals surface area contributed by atoms with Crippen LogP contribution in [0, 0.1) is 18.6 Å². The third kappa shape index (κ3) is 3.54. The van der Waals surface area contributed by atoms with Crippen LogP contribution >= 0.6 is 27.5 Å². The number of hydrogen-bond acceptors (Lipinski definition) is 0. The zero-order valence-corrected chi connectivity index (χ0v) is 12.6. The van der Waals surface area contributed by atoms with E-state index in [4.69, 9.17) is 11.6 Å². The van der Waals surface area contributed by atoms with Crippen LogP contribution in [-0.2, 0) is 6.42 Å². The van der Waals surface area contributed by atoms with Crippen molar-refractivity contribution in [1.29, 1.82) is 0 Å². The van der Waals surface area contributed by atoms with Crippen molar-refractivity contribution in [3.05, 3.63) is 69.7 Å². The number of aryl methyl sites for hydroxylation is 1. The Balaban J connectivity index is 2.25. The number of rotatable bonds is 3. The van der Waals surface area contributed by atoms with Gasteiger partial charge in [-0.15, -0.1) is 0 Å². The van der Waals surface area contributed by atoms with Crippen LogP contribution in [0.15, 0.2) is 36.4 Å². The van der Waals surface area contributed by atoms with Gasteiger partial charge in [-0.3, -0.25) is 0 Å². The van der Waals surface area contributed by atoms with Gasteiger partial charge in [0.1, 0.15) is 11.6 Å². The lowest BCUT2D eigenvalue weighted by Crippen LogP contribution is -2.01. The largest absolute Gasteiger partial charge is 0.207 e. The van der Waals surface area contributed by atoms with Crippen molar-refractivity contribution in [1.82, 2.24) is 0 Å². The van der Waals surface area contributed by atoms with E-state index in [-0.39, 0.29) is 4.83 Å². The molecule has 0 aliphatic carbocycles. The SMILES string of the molecule is Cc1cc(C(Br)Cc2cccc(Cl)c2)c(F)cc1F. The first-order valence-corrected chi connectivity index (χ1v) is 7.11. The maximum Gasteiger partial charge on any atom is 0.130 e. The van der Waals surface area contributed by atoms with E-state index in [0.29, 0.717) is 22.6 Å². The van der Waals surface area contributed by atoms with Crippen LogP contribution in [0.3, 0.4) is 0 Å². The molecule has 0 aliphatic rings. The van der Waals surface area contributed by atoms with Crippen molar-refractivity contribution in [3.63, 3.8) is 0 Å². The standard InChI is InChI=1S/C15H12BrClF2/c1-9-5-12(15(19)8-14(9)18)13(16)7-10-3-2-4-11(17)6-10/h2-6,8,13H,7H2,1H3. The molecule has 0 heterocycles. The highest BCUT2D eigenvalue weighted by Crippen LogP contribution is 2.31. The van der Waals surface area contributed by atoms with Crippen molar-refractivity contribution in [2.75, 3.05) is 0 Å². The zero-order valence-electron chi connectivity index (χ0n) is 10.3. The number of benzene rings is 2. The van der Waals surface area contributed by atoms with Crippen LogP contribution < -0.4 is 0 Å². The van der Waals surface area contributed by atoms with Crippen molar-refractivity contribution in [2.24, 2.45) is 0 Å². The van der Waals surface area contributed by atoms with E-state index in [2.05, 4.69) is 15.9 Å². The molecule has 0 spiro atoms. The van der Waals surface area contributed by atoms with Crippen LogP contribution in [0.25, 0.3) is 0 Å². The maximum absolute atomic E-state index is 13.8. The molecule has 0 nitrogen and oxygen atoms in total. The minimum Gasteiger partial charge on any atom is -0.207 e. The molecule has 0 saturated carbocycles. The van der Waals surface area contributed by atoms with E-state index < -0.39 is 11.6 Å². The van der Waals surface area contributed by atoms with E-state index in [1.807, 2.05) is 18.2 Å². The van der Waals surface area contributed by atoms with Gasteiger partial charge in [-0.25, -0.2) is 8.78 Å². The Bertz CT molecular complexity index is 599. The zero-order chi connectivity index (χ0) is 14.0. The van der Waals surface area contributed by atoms with Gasteiger partial charge in [0.05, 0.1) is 0 Å². The predicted molar refractivity (Wildman–Crippen MR) is 77.9 cm³/mol. The highest BCUT2D eigenvalue weighted by Gasteiger charge is 2.15. The van der Waals surface area contributed by atoms with Gasteiger partial charge >= 0.3 is 0 Å². The van der Waals surface area contributed by atoms with Crippen molar-refractivity contribution in [3.8, 4) is 0 Å². The van der Waals surface area contributed by atoms with Crippen LogP contribution in [0.4, 0.5) is 8.78 Å². The minimum absolute atomic E-state index is 0.217. The van der Waals surface area contributed by atoms with Gasteiger partial charge in [-0.1, -0.05) is 39.7 Å². The average molecular weight is 346 g/mol. The molecule has 0 N–H and O–H groups in total. The molecule has 2 aromatic rings. The molecular formula is C15H12BrClF2. The Hall–Kier alpha value is -0.930. The third-order valence-electron chi connectivity index (χ3n) is 2.92. The smallest absolute Gasteiger partial charge is 0.130 e. The Labute approximate surface area is 124 Å². The molecular weight excluding hydrogens is 334 g/mol. The molecule has 0 fully saturated rings. The van der Waals surface area contributed by atoms with E-state index in [0.717, 1.165) is 11.6 Å². The Morgan fingerprint density at radius 1 is 1.16 bits per heavy atom.